The second-order valence-corrected chi connectivity index (χ2v) is 9.44. The van der Waals surface area contributed by atoms with Crippen LogP contribution in [0, 0.1) is 5.82 Å². The molecule has 1 aliphatic heterocycles. The van der Waals surface area contributed by atoms with E-state index >= 15 is 0 Å². The molecule has 9 heteroatoms. The van der Waals surface area contributed by atoms with E-state index in [1.54, 1.807) is 25.2 Å². The maximum atomic E-state index is 13.1. The summed E-state index contributed by atoms with van der Waals surface area (Å²) in [6.45, 7) is 0. The number of amidine groups is 1. The van der Waals surface area contributed by atoms with E-state index in [-0.39, 0.29) is 22.0 Å². The van der Waals surface area contributed by atoms with Crippen LogP contribution in [0.2, 0.25) is 0 Å². The number of nitrogens with zero attached hydrogens (tertiary/aromatic N) is 3. The Labute approximate surface area is 163 Å². The van der Waals surface area contributed by atoms with Crippen molar-refractivity contribution in [3.05, 3.63) is 41.2 Å². The van der Waals surface area contributed by atoms with Crippen molar-refractivity contribution in [3.8, 4) is 0 Å². The summed E-state index contributed by atoms with van der Waals surface area (Å²) >= 11 is 1.07. The SMILES string of the molecule is CN(C)/C=C1/S/C(=N\S(=O)(=O)c2ccc(F)cc2)N(C2CCCCC2)C1=O. The molecular weight excluding hydrogens is 389 g/mol. The highest BCUT2D eigenvalue weighted by atomic mass is 32.2. The Morgan fingerprint density at radius 1 is 1.19 bits per heavy atom. The zero-order valence-corrected chi connectivity index (χ0v) is 16.9. The van der Waals surface area contributed by atoms with Gasteiger partial charge in [-0.05, 0) is 48.9 Å². The van der Waals surface area contributed by atoms with Crippen LogP contribution in [0.3, 0.4) is 0 Å². The summed E-state index contributed by atoms with van der Waals surface area (Å²) in [5, 5.41) is 0.171. The molecule has 0 radical (unpaired) electrons. The predicted octanol–water partition coefficient (Wildman–Crippen LogP) is 3.18. The normalized spacial score (nSPS) is 22.0. The first-order valence-electron chi connectivity index (χ1n) is 8.78. The van der Waals surface area contributed by atoms with Gasteiger partial charge in [0, 0.05) is 26.3 Å². The van der Waals surface area contributed by atoms with Crippen LogP contribution in [0.1, 0.15) is 32.1 Å². The van der Waals surface area contributed by atoms with Crippen LogP contribution in [0.25, 0.3) is 0 Å². The molecule has 0 aromatic heterocycles. The quantitative estimate of drug-likeness (QED) is 0.712. The van der Waals surface area contributed by atoms with E-state index in [1.165, 1.54) is 17.0 Å². The molecule has 1 aromatic rings. The van der Waals surface area contributed by atoms with E-state index < -0.39 is 15.8 Å². The molecule has 3 rings (SSSR count). The zero-order chi connectivity index (χ0) is 19.6. The second-order valence-electron chi connectivity index (χ2n) is 6.83. The van der Waals surface area contributed by atoms with E-state index in [0.717, 1.165) is 56.0 Å². The first kappa shape index (κ1) is 19.9. The lowest BCUT2D eigenvalue weighted by molar-refractivity contribution is -0.124. The van der Waals surface area contributed by atoms with Crippen molar-refractivity contribution >= 4 is 32.9 Å². The monoisotopic (exact) mass is 411 g/mol. The van der Waals surface area contributed by atoms with Crippen molar-refractivity contribution in [2.75, 3.05) is 14.1 Å². The molecule has 2 aliphatic rings. The summed E-state index contributed by atoms with van der Waals surface area (Å²) < 4.78 is 42.4. The number of rotatable bonds is 4. The summed E-state index contributed by atoms with van der Waals surface area (Å²) in [7, 11) is -0.438. The number of hydrogen-bond acceptors (Lipinski definition) is 5. The van der Waals surface area contributed by atoms with Gasteiger partial charge in [0.05, 0.1) is 9.80 Å². The minimum Gasteiger partial charge on any atom is -0.382 e. The van der Waals surface area contributed by atoms with Crippen molar-refractivity contribution < 1.29 is 17.6 Å². The Kier molecular flexibility index (Phi) is 5.90. The molecule has 1 aliphatic carbocycles. The van der Waals surface area contributed by atoms with E-state index in [9.17, 15) is 17.6 Å². The van der Waals surface area contributed by atoms with Gasteiger partial charge in [0.15, 0.2) is 5.17 Å². The fourth-order valence-corrected chi connectivity index (χ4v) is 5.50. The lowest BCUT2D eigenvalue weighted by atomic mass is 9.94. The number of hydrogen-bond donors (Lipinski definition) is 0. The molecule has 0 N–H and O–H groups in total. The average molecular weight is 412 g/mol. The summed E-state index contributed by atoms with van der Waals surface area (Å²) in [5.74, 6) is -0.735. The van der Waals surface area contributed by atoms with E-state index in [2.05, 4.69) is 4.40 Å². The molecule has 0 spiro atoms. The molecule has 6 nitrogen and oxygen atoms in total. The van der Waals surface area contributed by atoms with Crippen LogP contribution in [0.5, 0.6) is 0 Å². The largest absolute Gasteiger partial charge is 0.382 e. The van der Waals surface area contributed by atoms with Gasteiger partial charge in [-0.3, -0.25) is 9.69 Å². The van der Waals surface area contributed by atoms with Crippen molar-refractivity contribution in [3.63, 3.8) is 0 Å². The van der Waals surface area contributed by atoms with Gasteiger partial charge in [0.25, 0.3) is 15.9 Å². The van der Waals surface area contributed by atoms with Crippen LogP contribution in [0.15, 0.2) is 44.7 Å². The van der Waals surface area contributed by atoms with Crippen LogP contribution in [0.4, 0.5) is 4.39 Å². The van der Waals surface area contributed by atoms with Crippen LogP contribution >= 0.6 is 11.8 Å². The van der Waals surface area contributed by atoms with E-state index in [4.69, 9.17) is 0 Å². The molecule has 0 unspecified atom stereocenters. The Morgan fingerprint density at radius 2 is 1.81 bits per heavy atom. The molecule has 1 amide bonds. The maximum absolute atomic E-state index is 13.1. The predicted molar refractivity (Wildman–Crippen MR) is 104 cm³/mol. The van der Waals surface area contributed by atoms with Crippen LogP contribution < -0.4 is 0 Å². The second kappa shape index (κ2) is 8.02. The summed E-state index contributed by atoms with van der Waals surface area (Å²) in [4.78, 5) is 16.5. The van der Waals surface area contributed by atoms with Gasteiger partial charge in [-0.25, -0.2) is 4.39 Å². The number of thioether (sulfide) groups is 1. The average Bonchev–Trinajstić information content (AvgIpc) is 2.90. The number of carbonyl (C=O) groups is 1. The maximum Gasteiger partial charge on any atom is 0.284 e. The number of carbonyl (C=O) groups excluding carboxylic acids is 1. The van der Waals surface area contributed by atoms with Gasteiger partial charge in [-0.2, -0.15) is 8.42 Å². The van der Waals surface area contributed by atoms with E-state index in [0.29, 0.717) is 4.91 Å². The molecule has 27 heavy (non-hydrogen) atoms. The van der Waals surface area contributed by atoms with Gasteiger partial charge in [-0.1, -0.05) is 19.3 Å². The van der Waals surface area contributed by atoms with Gasteiger partial charge < -0.3 is 4.90 Å². The molecule has 0 atom stereocenters. The lowest BCUT2D eigenvalue weighted by Crippen LogP contribution is -2.40. The first-order chi connectivity index (χ1) is 12.8. The molecule has 0 bridgehead atoms. The first-order valence-corrected chi connectivity index (χ1v) is 11.0. The standard InChI is InChI=1S/C18H22FN3O3S2/c1-21(2)12-16-17(23)22(14-6-4-3-5-7-14)18(26-16)20-27(24,25)15-10-8-13(19)9-11-15/h8-12,14H,3-7H2,1-2H3/b16-12+,20-18-. The molecule has 1 aromatic carbocycles. The van der Waals surface area contributed by atoms with Crippen molar-refractivity contribution in [2.24, 2.45) is 4.40 Å². The number of sulfonamides is 1. The van der Waals surface area contributed by atoms with Gasteiger partial charge in [-0.15, -0.1) is 4.40 Å². The van der Waals surface area contributed by atoms with Gasteiger partial charge >= 0.3 is 0 Å². The summed E-state index contributed by atoms with van der Waals surface area (Å²) in [5.41, 5.74) is 0. The number of amides is 1. The van der Waals surface area contributed by atoms with Crippen LogP contribution in [-0.4, -0.2) is 49.4 Å². The topological polar surface area (TPSA) is 70.1 Å². The third-order valence-electron chi connectivity index (χ3n) is 4.46. The smallest absolute Gasteiger partial charge is 0.284 e. The van der Waals surface area contributed by atoms with Crippen LogP contribution in [-0.2, 0) is 14.8 Å². The molecular formula is C18H22FN3O3S2. The Hall–Kier alpha value is -1.87. The molecule has 2 fully saturated rings. The summed E-state index contributed by atoms with van der Waals surface area (Å²) in [6, 6.07) is 4.47. The van der Waals surface area contributed by atoms with Gasteiger partial charge in [0.1, 0.15) is 5.82 Å². The molecule has 1 saturated carbocycles. The third kappa shape index (κ3) is 4.52. The Bertz CT molecular complexity index is 874. The number of halogens is 1. The van der Waals surface area contributed by atoms with Crippen molar-refractivity contribution in [2.45, 2.75) is 43.0 Å². The van der Waals surface area contributed by atoms with Crippen molar-refractivity contribution in [1.29, 1.82) is 0 Å². The number of benzene rings is 1. The fraction of sp³-hybridized carbons (Fsp3) is 0.444. The molecule has 1 heterocycles. The lowest BCUT2D eigenvalue weighted by Gasteiger charge is -2.30. The summed E-state index contributed by atoms with van der Waals surface area (Å²) in [6.07, 6.45) is 6.46. The highest BCUT2D eigenvalue weighted by molar-refractivity contribution is 8.19. The minimum absolute atomic E-state index is 0.0472. The highest BCUT2D eigenvalue weighted by Crippen LogP contribution is 2.37. The minimum atomic E-state index is -4.04. The van der Waals surface area contributed by atoms with Crippen molar-refractivity contribution in [1.82, 2.24) is 9.80 Å². The van der Waals surface area contributed by atoms with E-state index in [1.807, 2.05) is 0 Å². The Morgan fingerprint density at radius 3 is 2.41 bits per heavy atom. The third-order valence-corrected chi connectivity index (χ3v) is 6.83. The molecule has 146 valence electrons. The fourth-order valence-electron chi connectivity index (χ4n) is 3.20. The Balaban J connectivity index is 1.99. The molecule has 1 saturated heterocycles. The zero-order valence-electron chi connectivity index (χ0n) is 15.3. The van der Waals surface area contributed by atoms with Gasteiger partial charge in [0.2, 0.25) is 0 Å². The highest BCUT2D eigenvalue weighted by Gasteiger charge is 2.40.